The Morgan fingerprint density at radius 3 is 2.40 bits per heavy atom. The molecule has 0 aliphatic carbocycles. The molecule has 0 unspecified atom stereocenters. The first-order valence-corrected chi connectivity index (χ1v) is 6.96. The summed E-state index contributed by atoms with van der Waals surface area (Å²) in [4.78, 5) is 11.9. The summed E-state index contributed by atoms with van der Waals surface area (Å²) in [5.74, 6) is -0.149. The van der Waals surface area contributed by atoms with Crippen molar-refractivity contribution in [2.24, 2.45) is 0 Å². The van der Waals surface area contributed by atoms with Crippen molar-refractivity contribution in [1.29, 1.82) is 0 Å². The van der Waals surface area contributed by atoms with Gasteiger partial charge < -0.3 is 4.74 Å². The molecule has 0 saturated carbocycles. The van der Waals surface area contributed by atoms with Crippen molar-refractivity contribution < 1.29 is 9.53 Å². The molecule has 0 aliphatic heterocycles. The standard InChI is InChI=1S/C18H20O2/c1-14-8-6-7-11-17(14)15(2)20-18(19)13-12-16-9-4-3-5-10-16/h3-11,15H,12-13H2,1-2H3/t15-/m1/s1. The third-order valence-electron chi connectivity index (χ3n) is 3.40. The normalized spacial score (nSPS) is 11.9. The molecule has 2 nitrogen and oxygen atoms in total. The van der Waals surface area contributed by atoms with E-state index in [-0.39, 0.29) is 12.1 Å². The fourth-order valence-electron chi connectivity index (χ4n) is 2.25. The Morgan fingerprint density at radius 1 is 1.05 bits per heavy atom. The summed E-state index contributed by atoms with van der Waals surface area (Å²) >= 11 is 0. The van der Waals surface area contributed by atoms with Crippen molar-refractivity contribution in [1.82, 2.24) is 0 Å². The molecule has 0 fully saturated rings. The first-order valence-electron chi connectivity index (χ1n) is 6.96. The molecule has 0 N–H and O–H groups in total. The Hall–Kier alpha value is -2.09. The van der Waals surface area contributed by atoms with Gasteiger partial charge in [-0.1, -0.05) is 54.6 Å². The highest BCUT2D eigenvalue weighted by molar-refractivity contribution is 5.70. The van der Waals surface area contributed by atoms with Crippen LogP contribution in [0.2, 0.25) is 0 Å². The molecule has 2 aromatic rings. The molecule has 0 spiro atoms. The van der Waals surface area contributed by atoms with E-state index in [4.69, 9.17) is 4.74 Å². The van der Waals surface area contributed by atoms with Crippen LogP contribution in [0.3, 0.4) is 0 Å². The molecule has 0 radical (unpaired) electrons. The third kappa shape index (κ3) is 3.95. The van der Waals surface area contributed by atoms with Crippen LogP contribution in [-0.4, -0.2) is 5.97 Å². The second-order valence-electron chi connectivity index (χ2n) is 4.97. The van der Waals surface area contributed by atoms with Gasteiger partial charge in [0, 0.05) is 6.42 Å². The zero-order valence-electron chi connectivity index (χ0n) is 12.0. The molecule has 0 heterocycles. The smallest absolute Gasteiger partial charge is 0.306 e. The number of rotatable bonds is 5. The molecule has 1 atom stereocenters. The molecular weight excluding hydrogens is 248 g/mol. The summed E-state index contributed by atoms with van der Waals surface area (Å²) < 4.78 is 5.50. The minimum absolute atomic E-state index is 0.149. The van der Waals surface area contributed by atoms with Gasteiger partial charge in [0.25, 0.3) is 0 Å². The second kappa shape index (κ2) is 6.90. The van der Waals surface area contributed by atoms with Gasteiger partial charge in [-0.3, -0.25) is 4.79 Å². The van der Waals surface area contributed by atoms with Crippen molar-refractivity contribution in [3.8, 4) is 0 Å². The molecule has 104 valence electrons. The Balaban J connectivity index is 1.87. The highest BCUT2D eigenvalue weighted by atomic mass is 16.5. The van der Waals surface area contributed by atoms with Crippen LogP contribution in [0.5, 0.6) is 0 Å². The Morgan fingerprint density at radius 2 is 1.70 bits per heavy atom. The fraction of sp³-hybridized carbons (Fsp3) is 0.278. The maximum atomic E-state index is 11.9. The van der Waals surface area contributed by atoms with Crippen molar-refractivity contribution in [3.63, 3.8) is 0 Å². The van der Waals surface area contributed by atoms with Crippen molar-refractivity contribution in [2.75, 3.05) is 0 Å². The van der Waals surface area contributed by atoms with Crippen LogP contribution < -0.4 is 0 Å². The number of benzene rings is 2. The van der Waals surface area contributed by atoms with Crippen LogP contribution in [-0.2, 0) is 16.0 Å². The molecule has 2 aromatic carbocycles. The van der Waals surface area contributed by atoms with E-state index in [0.29, 0.717) is 6.42 Å². The van der Waals surface area contributed by atoms with Crippen LogP contribution in [0.4, 0.5) is 0 Å². The van der Waals surface area contributed by atoms with Crippen molar-refractivity contribution >= 4 is 5.97 Å². The van der Waals surface area contributed by atoms with E-state index in [1.54, 1.807) is 0 Å². The Kier molecular flexibility index (Phi) is 4.94. The summed E-state index contributed by atoms with van der Waals surface area (Å²) in [5, 5.41) is 0. The lowest BCUT2D eigenvalue weighted by Crippen LogP contribution is -2.10. The summed E-state index contributed by atoms with van der Waals surface area (Å²) in [5.41, 5.74) is 3.38. The molecule has 2 rings (SSSR count). The average Bonchev–Trinajstić information content (AvgIpc) is 2.46. The van der Waals surface area contributed by atoms with E-state index in [9.17, 15) is 4.79 Å². The lowest BCUT2D eigenvalue weighted by atomic mass is 10.0. The van der Waals surface area contributed by atoms with E-state index < -0.39 is 0 Å². The topological polar surface area (TPSA) is 26.3 Å². The SMILES string of the molecule is Cc1ccccc1[C@@H](C)OC(=O)CCc1ccccc1. The van der Waals surface area contributed by atoms with Gasteiger partial charge in [-0.25, -0.2) is 0 Å². The van der Waals surface area contributed by atoms with Gasteiger partial charge in [0.1, 0.15) is 6.10 Å². The second-order valence-corrected chi connectivity index (χ2v) is 4.97. The van der Waals surface area contributed by atoms with E-state index in [2.05, 4.69) is 0 Å². The van der Waals surface area contributed by atoms with E-state index in [1.165, 1.54) is 0 Å². The third-order valence-corrected chi connectivity index (χ3v) is 3.40. The van der Waals surface area contributed by atoms with Crippen LogP contribution in [0.25, 0.3) is 0 Å². The van der Waals surface area contributed by atoms with Gasteiger partial charge in [-0.15, -0.1) is 0 Å². The summed E-state index contributed by atoms with van der Waals surface area (Å²) in [6, 6.07) is 18.0. The zero-order valence-corrected chi connectivity index (χ0v) is 12.0. The van der Waals surface area contributed by atoms with Gasteiger partial charge >= 0.3 is 5.97 Å². The van der Waals surface area contributed by atoms with Crippen molar-refractivity contribution in [3.05, 3.63) is 71.3 Å². The Bertz CT molecular complexity index is 561. The molecule has 0 bridgehead atoms. The van der Waals surface area contributed by atoms with Gasteiger partial charge in [-0.05, 0) is 37.0 Å². The monoisotopic (exact) mass is 268 g/mol. The maximum Gasteiger partial charge on any atom is 0.306 e. The van der Waals surface area contributed by atoms with Crippen LogP contribution >= 0.6 is 0 Å². The molecule has 0 aromatic heterocycles. The summed E-state index contributed by atoms with van der Waals surface area (Å²) in [7, 11) is 0. The van der Waals surface area contributed by atoms with Crippen molar-refractivity contribution in [2.45, 2.75) is 32.8 Å². The summed E-state index contributed by atoms with van der Waals surface area (Å²) in [6.45, 7) is 3.95. The number of carbonyl (C=O) groups is 1. The van der Waals surface area contributed by atoms with Crippen LogP contribution in [0.1, 0.15) is 36.1 Å². The number of hydrogen-bond donors (Lipinski definition) is 0. The molecule has 0 aliphatic rings. The summed E-state index contributed by atoms with van der Waals surface area (Å²) in [6.07, 6.45) is 0.944. The molecule has 0 saturated heterocycles. The predicted molar refractivity (Wildman–Crippen MR) is 80.4 cm³/mol. The van der Waals surface area contributed by atoms with E-state index >= 15 is 0 Å². The van der Waals surface area contributed by atoms with Crippen LogP contribution in [0, 0.1) is 6.92 Å². The number of ether oxygens (including phenoxy) is 1. The Labute approximate surface area is 120 Å². The van der Waals surface area contributed by atoms with Gasteiger partial charge in [0.2, 0.25) is 0 Å². The zero-order chi connectivity index (χ0) is 14.4. The molecule has 0 amide bonds. The molecule has 20 heavy (non-hydrogen) atoms. The quantitative estimate of drug-likeness (QED) is 0.758. The van der Waals surface area contributed by atoms with Gasteiger partial charge in [0.05, 0.1) is 0 Å². The minimum atomic E-state index is -0.195. The highest BCUT2D eigenvalue weighted by Gasteiger charge is 2.13. The first kappa shape index (κ1) is 14.3. The highest BCUT2D eigenvalue weighted by Crippen LogP contribution is 2.21. The predicted octanol–water partition coefficient (Wildman–Crippen LogP) is 4.23. The van der Waals surface area contributed by atoms with Crippen LogP contribution in [0.15, 0.2) is 54.6 Å². The number of carbonyl (C=O) groups excluding carboxylic acids is 1. The molecular formula is C18H20O2. The number of esters is 1. The number of aryl methyl sites for hydroxylation is 2. The maximum absolute atomic E-state index is 11.9. The van der Waals surface area contributed by atoms with E-state index in [0.717, 1.165) is 23.1 Å². The average molecular weight is 268 g/mol. The van der Waals surface area contributed by atoms with Gasteiger partial charge in [0.15, 0.2) is 0 Å². The lowest BCUT2D eigenvalue weighted by molar-refractivity contribution is -0.148. The first-order chi connectivity index (χ1) is 9.66. The molecule has 2 heteroatoms. The minimum Gasteiger partial charge on any atom is -0.458 e. The number of hydrogen-bond acceptors (Lipinski definition) is 2. The largest absolute Gasteiger partial charge is 0.458 e. The lowest BCUT2D eigenvalue weighted by Gasteiger charge is -2.15. The van der Waals surface area contributed by atoms with E-state index in [1.807, 2.05) is 68.4 Å². The van der Waals surface area contributed by atoms with Gasteiger partial charge in [-0.2, -0.15) is 0 Å². The fourth-order valence-corrected chi connectivity index (χ4v) is 2.25.